The number of ether oxygens (including phenoxy) is 2. The van der Waals surface area contributed by atoms with Gasteiger partial charge in [0.1, 0.15) is 12.2 Å². The van der Waals surface area contributed by atoms with Crippen molar-refractivity contribution in [1.29, 1.82) is 0 Å². The topological polar surface area (TPSA) is 380 Å². The molecule has 0 spiro atoms. The Morgan fingerprint density at radius 3 is 1.25 bits per heavy atom. The first kappa shape index (κ1) is 55.0. The number of imide groups is 2. The molecule has 2 aliphatic rings. The number of carbonyl (C=O) groups excluding carboxylic acids is 6. The molecule has 0 unspecified atom stereocenters. The number of rotatable bonds is 11. The lowest BCUT2D eigenvalue weighted by Crippen LogP contribution is -2.32. The van der Waals surface area contributed by atoms with Crippen molar-refractivity contribution in [2.24, 2.45) is 21.1 Å². The van der Waals surface area contributed by atoms with Gasteiger partial charge in [-0.1, -0.05) is 7.43 Å². The van der Waals surface area contributed by atoms with Crippen LogP contribution in [0.25, 0.3) is 18.6 Å². The Morgan fingerprint density at radius 1 is 0.619 bits per heavy atom. The van der Waals surface area contributed by atoms with E-state index in [9.17, 15) is 47.9 Å². The fourth-order valence-corrected chi connectivity index (χ4v) is 4.13. The summed E-state index contributed by atoms with van der Waals surface area (Å²) in [6, 6.07) is 0. The highest BCUT2D eigenvalue weighted by Crippen LogP contribution is 2.11. The van der Waals surface area contributed by atoms with Crippen LogP contribution >= 0.6 is 0 Å². The number of nitrogens with zero attached hydrogens (tertiary/aromatic N) is 14. The third-order valence-electron chi connectivity index (χ3n) is 6.89. The van der Waals surface area contributed by atoms with Crippen LogP contribution in [0.3, 0.4) is 0 Å². The molecule has 30 nitrogen and oxygen atoms in total. The number of aliphatic hydroxyl groups excluding tert-OH is 1. The van der Waals surface area contributed by atoms with Gasteiger partial charge in [-0.05, 0) is 52.1 Å². The van der Waals surface area contributed by atoms with Crippen LogP contribution in [-0.2, 0) is 69.0 Å². The van der Waals surface area contributed by atoms with Crippen molar-refractivity contribution in [2.75, 3.05) is 26.3 Å². The van der Waals surface area contributed by atoms with Crippen LogP contribution in [0.15, 0.2) is 32.6 Å². The molecular formula is C33H48N14O16. The number of aliphatic hydroxyl groups is 1. The Morgan fingerprint density at radius 2 is 0.952 bits per heavy atom. The molecule has 4 amide bonds. The summed E-state index contributed by atoms with van der Waals surface area (Å²) < 4.78 is 15.5. The Hall–Kier alpha value is -8.05. The highest BCUT2D eigenvalue weighted by atomic mass is 16.6. The van der Waals surface area contributed by atoms with Gasteiger partial charge in [-0.15, -0.1) is 0 Å². The summed E-state index contributed by atoms with van der Waals surface area (Å²) in [7, 11) is 4.30. The maximum Gasteiger partial charge on any atom is 0.367 e. The molecule has 346 valence electrons. The average molecular weight is 897 g/mol. The summed E-state index contributed by atoms with van der Waals surface area (Å²) in [5, 5.41) is 44.2. The van der Waals surface area contributed by atoms with Crippen LogP contribution < -0.4 is 17.1 Å². The number of β-amino-alcohol motifs (C(OH)–C–C–N with tert-alkyl or cyclic N) is 1. The van der Waals surface area contributed by atoms with Gasteiger partial charge in [-0.2, -0.15) is 28.1 Å². The summed E-state index contributed by atoms with van der Waals surface area (Å²) in [4.78, 5) is 121. The molecule has 63 heavy (non-hydrogen) atoms. The third-order valence-corrected chi connectivity index (χ3v) is 6.89. The van der Waals surface area contributed by atoms with Gasteiger partial charge >= 0.3 is 35.0 Å². The fraction of sp³-hybridized carbons (Fsp3) is 0.485. The molecule has 2 fully saturated rings. The number of likely N-dealkylation sites (tertiary alicyclic amines) is 2. The van der Waals surface area contributed by atoms with Gasteiger partial charge in [0.2, 0.25) is 23.6 Å². The summed E-state index contributed by atoms with van der Waals surface area (Å²) >= 11 is 0. The minimum atomic E-state index is -1.15. The smallest absolute Gasteiger partial charge is 0.367 e. The first-order chi connectivity index (χ1) is 29.1. The number of carboxylic acids is 1. The molecule has 2 aliphatic heterocycles. The molecule has 2 saturated heterocycles. The second kappa shape index (κ2) is 26.9. The lowest BCUT2D eigenvalue weighted by molar-refractivity contribution is -0.148. The summed E-state index contributed by atoms with van der Waals surface area (Å²) in [6.45, 7) is 4.96. The van der Waals surface area contributed by atoms with Gasteiger partial charge in [0.15, 0.2) is 0 Å². The summed E-state index contributed by atoms with van der Waals surface area (Å²) in [6.07, 6.45) is 7.29. The second-order valence-corrected chi connectivity index (χ2v) is 12.7. The molecule has 0 atom stereocenters. The standard InChI is InChI=1S/C11H13N5O5.C9H14N4O3.C6H9NO3.C5H6N4O3.CH2O2.CH4/c1-14-11(20)16(13-12-14)5-4-10(19)21-7-6-15-8(17)2-3-9(15)18;1-9(2,3)16-7(14)5-6-13-8(15)12(4)10-11-13;8-4-3-7-5(9)1-2-6(7)10;1-8-5(12)9(7-6-8)3-2-4(10)11;2-1-3;/h4-5H,2-3,6-7H2,1H3;5-6H,1-4H3;8H,1-4H2;2-3H,1H3,(H,10,11);1H,(H,2,3);1H4/b5-4+;6-5+;;3-2+;;. The number of aryl methyl sites for hydroxylation is 3. The van der Waals surface area contributed by atoms with Crippen LogP contribution in [-0.4, -0.2) is 164 Å². The van der Waals surface area contributed by atoms with Crippen LogP contribution in [0, 0.1) is 0 Å². The van der Waals surface area contributed by atoms with Crippen LogP contribution in [0.4, 0.5) is 0 Å². The van der Waals surface area contributed by atoms with E-state index in [0.717, 1.165) is 68.5 Å². The summed E-state index contributed by atoms with van der Waals surface area (Å²) in [5.41, 5.74) is -1.99. The fourth-order valence-electron chi connectivity index (χ4n) is 4.13. The van der Waals surface area contributed by atoms with Crippen molar-refractivity contribution in [2.45, 2.75) is 59.5 Å². The third kappa shape index (κ3) is 19.7. The predicted molar refractivity (Wildman–Crippen MR) is 211 cm³/mol. The number of hydrogen-bond acceptors (Lipinski definition) is 20. The number of aromatic nitrogens is 12. The molecule has 0 saturated carbocycles. The van der Waals surface area contributed by atoms with E-state index in [2.05, 4.69) is 31.3 Å². The molecular weight excluding hydrogens is 848 g/mol. The quantitative estimate of drug-likeness (QED) is 0.0713. The van der Waals surface area contributed by atoms with E-state index in [1.54, 1.807) is 20.8 Å². The number of carbonyl (C=O) groups is 8. The zero-order valence-electron chi connectivity index (χ0n) is 34.1. The Balaban J connectivity index is 0.000000819. The van der Waals surface area contributed by atoms with E-state index < -0.39 is 40.6 Å². The summed E-state index contributed by atoms with van der Waals surface area (Å²) in [5.74, 6) is -3.27. The Bertz CT molecular complexity index is 2290. The average Bonchev–Trinajstić information content (AvgIpc) is 3.98. The molecule has 30 heteroatoms. The van der Waals surface area contributed by atoms with Gasteiger partial charge in [-0.25, -0.2) is 28.8 Å². The number of tetrazole rings is 3. The van der Waals surface area contributed by atoms with E-state index in [-0.39, 0.29) is 76.7 Å². The predicted octanol–water partition coefficient (Wildman–Crippen LogP) is -4.07. The minimum absolute atomic E-state index is 0. The SMILES string of the molecule is C.Cn1nnn(/C=C/C(=O)O)c1=O.Cn1nnn(/C=C/C(=O)OC(C)(C)C)c1=O.Cn1nnn(/C=C/C(=O)OCCN2C(=O)CCC2=O)c1=O.O=C1CCC(=O)N1CCO.O=CO. The Labute approximate surface area is 355 Å². The first-order valence-electron chi connectivity index (χ1n) is 17.5. The lowest BCUT2D eigenvalue weighted by atomic mass is 10.2. The molecule has 0 radical (unpaired) electrons. The van der Waals surface area contributed by atoms with Crippen molar-refractivity contribution >= 4 is 66.6 Å². The van der Waals surface area contributed by atoms with Crippen LogP contribution in [0.2, 0.25) is 0 Å². The van der Waals surface area contributed by atoms with Crippen molar-refractivity contribution < 1.29 is 63.1 Å². The van der Waals surface area contributed by atoms with Gasteiger partial charge in [0.25, 0.3) is 6.47 Å². The largest absolute Gasteiger partial charge is 0.483 e. The van der Waals surface area contributed by atoms with Gasteiger partial charge in [0, 0.05) is 83.7 Å². The maximum atomic E-state index is 11.4. The highest BCUT2D eigenvalue weighted by molar-refractivity contribution is 6.02. The number of amides is 4. The minimum Gasteiger partial charge on any atom is -0.483 e. The van der Waals surface area contributed by atoms with Crippen molar-refractivity contribution in [3.8, 4) is 0 Å². The van der Waals surface area contributed by atoms with E-state index >= 15 is 0 Å². The molecule has 5 rings (SSSR count). The number of hydrogen-bond donors (Lipinski definition) is 3. The van der Waals surface area contributed by atoms with Crippen LogP contribution in [0.5, 0.6) is 0 Å². The maximum absolute atomic E-state index is 11.4. The molecule has 0 bridgehead atoms. The molecule has 3 N–H and O–H groups in total. The zero-order chi connectivity index (χ0) is 47.2. The van der Waals surface area contributed by atoms with Gasteiger partial charge in [-0.3, -0.25) is 33.8 Å². The van der Waals surface area contributed by atoms with Gasteiger partial charge in [0.05, 0.1) is 19.7 Å². The Kier molecular flexibility index (Phi) is 23.5. The number of carboxylic acid groups (broad SMARTS) is 2. The second-order valence-electron chi connectivity index (χ2n) is 12.7. The van der Waals surface area contributed by atoms with Crippen molar-refractivity contribution in [1.82, 2.24) is 69.2 Å². The molecule has 3 aromatic rings. The highest BCUT2D eigenvalue weighted by Gasteiger charge is 2.29. The molecule has 0 aromatic carbocycles. The van der Waals surface area contributed by atoms with E-state index in [1.165, 1.54) is 27.3 Å². The zero-order valence-corrected chi connectivity index (χ0v) is 34.1. The molecule has 0 aliphatic carbocycles. The van der Waals surface area contributed by atoms with E-state index in [0.29, 0.717) is 12.8 Å². The normalized spacial score (nSPS) is 13.3. The van der Waals surface area contributed by atoms with Crippen molar-refractivity contribution in [3.05, 3.63) is 49.7 Å². The van der Waals surface area contributed by atoms with Crippen molar-refractivity contribution in [3.63, 3.8) is 0 Å². The first-order valence-corrected chi connectivity index (χ1v) is 17.5. The monoisotopic (exact) mass is 896 g/mol. The lowest BCUT2D eigenvalue weighted by Gasteiger charge is -2.17. The molecule has 5 heterocycles. The van der Waals surface area contributed by atoms with E-state index in [1.807, 2.05) is 0 Å². The number of aliphatic carboxylic acids is 1. The van der Waals surface area contributed by atoms with E-state index in [4.69, 9.17) is 29.6 Å². The van der Waals surface area contributed by atoms with Gasteiger partial charge < -0.3 is 24.8 Å². The van der Waals surface area contributed by atoms with Crippen LogP contribution in [0.1, 0.15) is 53.9 Å². The molecule has 3 aromatic heterocycles. The number of esters is 2.